The van der Waals surface area contributed by atoms with E-state index >= 15 is 0 Å². The van der Waals surface area contributed by atoms with Gasteiger partial charge in [-0.1, -0.05) is 26.0 Å². The van der Waals surface area contributed by atoms with Crippen molar-refractivity contribution in [3.8, 4) is 0 Å². The van der Waals surface area contributed by atoms with Crippen LogP contribution in [-0.4, -0.2) is 14.1 Å². The van der Waals surface area contributed by atoms with Crippen molar-refractivity contribution in [2.24, 2.45) is 0 Å². The minimum absolute atomic E-state index is 0.535. The van der Waals surface area contributed by atoms with E-state index in [1.54, 1.807) is 0 Å². The highest BCUT2D eigenvalue weighted by Gasteiger charge is 2.08. The highest BCUT2D eigenvalue weighted by atomic mass is 32.1. The van der Waals surface area contributed by atoms with Crippen LogP contribution in [-0.2, 0) is 0 Å². The lowest BCUT2D eigenvalue weighted by Gasteiger charge is -2.18. The maximum absolute atomic E-state index is 4.55. The van der Waals surface area contributed by atoms with Gasteiger partial charge in [0, 0.05) is 24.7 Å². The Morgan fingerprint density at radius 1 is 1.23 bits per heavy atom. The Balaban J connectivity index is 3.18. The van der Waals surface area contributed by atoms with Gasteiger partial charge in [-0.15, -0.1) is 12.6 Å². The summed E-state index contributed by atoms with van der Waals surface area (Å²) in [4.78, 5) is 3.19. The zero-order valence-electron chi connectivity index (χ0n) is 8.70. The predicted molar refractivity (Wildman–Crippen MR) is 62.1 cm³/mol. The molecule has 1 aromatic carbocycles. The van der Waals surface area contributed by atoms with E-state index in [0.29, 0.717) is 5.92 Å². The zero-order chi connectivity index (χ0) is 10.0. The molecular formula is C11H17NS. The van der Waals surface area contributed by atoms with Gasteiger partial charge in [-0.05, 0) is 17.5 Å². The molecule has 0 bridgehead atoms. The van der Waals surface area contributed by atoms with Crippen LogP contribution in [0.15, 0.2) is 23.1 Å². The molecule has 13 heavy (non-hydrogen) atoms. The van der Waals surface area contributed by atoms with Gasteiger partial charge in [0.15, 0.2) is 0 Å². The molecular weight excluding hydrogens is 178 g/mol. The zero-order valence-corrected chi connectivity index (χ0v) is 9.60. The Hall–Kier alpha value is -0.630. The van der Waals surface area contributed by atoms with E-state index < -0.39 is 0 Å². The van der Waals surface area contributed by atoms with E-state index in [9.17, 15) is 0 Å². The largest absolute Gasteiger partial charge is 0.377 e. The van der Waals surface area contributed by atoms with Gasteiger partial charge in [0.2, 0.25) is 0 Å². The topological polar surface area (TPSA) is 3.24 Å². The molecule has 2 heteroatoms. The average Bonchev–Trinajstić information content (AvgIpc) is 2.03. The third kappa shape index (κ3) is 2.19. The van der Waals surface area contributed by atoms with Crippen LogP contribution < -0.4 is 4.90 Å². The molecule has 0 heterocycles. The number of hydrogen-bond donors (Lipinski definition) is 1. The maximum atomic E-state index is 4.55. The molecule has 0 aromatic heterocycles. The number of anilines is 1. The number of thiol groups is 1. The van der Waals surface area contributed by atoms with Crippen molar-refractivity contribution in [1.29, 1.82) is 0 Å². The van der Waals surface area contributed by atoms with Crippen LogP contribution in [0.25, 0.3) is 0 Å². The number of benzene rings is 1. The SMILES string of the molecule is CC(C)c1cccc(N(C)C)c1S. The smallest absolute Gasteiger partial charge is 0.0499 e. The molecule has 0 aliphatic rings. The quantitative estimate of drug-likeness (QED) is 0.709. The van der Waals surface area contributed by atoms with Crippen molar-refractivity contribution in [2.75, 3.05) is 19.0 Å². The number of rotatable bonds is 2. The third-order valence-corrected chi connectivity index (χ3v) is 2.64. The lowest BCUT2D eigenvalue weighted by molar-refractivity contribution is 0.840. The van der Waals surface area contributed by atoms with Gasteiger partial charge in [0.25, 0.3) is 0 Å². The molecule has 0 radical (unpaired) electrons. The van der Waals surface area contributed by atoms with Crippen LogP contribution in [0, 0.1) is 0 Å². The number of nitrogens with zero attached hydrogens (tertiary/aromatic N) is 1. The molecule has 0 unspecified atom stereocenters. The first-order valence-corrected chi connectivity index (χ1v) is 4.98. The second kappa shape index (κ2) is 4.05. The van der Waals surface area contributed by atoms with Gasteiger partial charge < -0.3 is 4.90 Å². The first-order valence-electron chi connectivity index (χ1n) is 4.53. The second-order valence-electron chi connectivity index (χ2n) is 3.76. The van der Waals surface area contributed by atoms with Crippen molar-refractivity contribution in [3.63, 3.8) is 0 Å². The maximum Gasteiger partial charge on any atom is 0.0499 e. The van der Waals surface area contributed by atoms with Crippen molar-refractivity contribution >= 4 is 18.3 Å². The van der Waals surface area contributed by atoms with E-state index in [4.69, 9.17) is 0 Å². The predicted octanol–water partition coefficient (Wildman–Crippen LogP) is 3.16. The van der Waals surface area contributed by atoms with Crippen molar-refractivity contribution in [1.82, 2.24) is 0 Å². The van der Waals surface area contributed by atoms with Gasteiger partial charge in [-0.3, -0.25) is 0 Å². The summed E-state index contributed by atoms with van der Waals surface area (Å²) in [6, 6.07) is 6.32. The monoisotopic (exact) mass is 195 g/mol. The summed E-state index contributed by atoms with van der Waals surface area (Å²) in [7, 11) is 4.08. The van der Waals surface area contributed by atoms with Gasteiger partial charge in [-0.25, -0.2) is 0 Å². The summed E-state index contributed by atoms with van der Waals surface area (Å²) in [5.41, 5.74) is 2.50. The summed E-state index contributed by atoms with van der Waals surface area (Å²) in [6.07, 6.45) is 0. The molecule has 1 rings (SSSR count). The average molecular weight is 195 g/mol. The lowest BCUT2D eigenvalue weighted by atomic mass is 10.0. The van der Waals surface area contributed by atoms with Gasteiger partial charge in [0.1, 0.15) is 0 Å². The summed E-state index contributed by atoms with van der Waals surface area (Å²) in [5.74, 6) is 0.535. The fourth-order valence-electron chi connectivity index (χ4n) is 1.38. The third-order valence-electron chi connectivity index (χ3n) is 2.15. The Morgan fingerprint density at radius 2 is 1.85 bits per heavy atom. The van der Waals surface area contributed by atoms with Gasteiger partial charge in [0.05, 0.1) is 0 Å². The van der Waals surface area contributed by atoms with Crippen LogP contribution in [0.3, 0.4) is 0 Å². The fourth-order valence-corrected chi connectivity index (χ4v) is 1.98. The Kier molecular flexibility index (Phi) is 3.26. The van der Waals surface area contributed by atoms with Crippen LogP contribution in [0.4, 0.5) is 5.69 Å². The van der Waals surface area contributed by atoms with Crippen molar-refractivity contribution in [2.45, 2.75) is 24.7 Å². The molecule has 0 amide bonds. The molecule has 0 N–H and O–H groups in total. The normalized spacial score (nSPS) is 10.6. The molecule has 0 aliphatic carbocycles. The first kappa shape index (κ1) is 10.5. The number of hydrogen-bond acceptors (Lipinski definition) is 2. The molecule has 0 atom stereocenters. The summed E-state index contributed by atoms with van der Waals surface area (Å²) >= 11 is 4.55. The summed E-state index contributed by atoms with van der Waals surface area (Å²) in [5, 5.41) is 0. The van der Waals surface area contributed by atoms with E-state index in [1.807, 2.05) is 14.1 Å². The van der Waals surface area contributed by atoms with Crippen LogP contribution >= 0.6 is 12.6 Å². The minimum Gasteiger partial charge on any atom is -0.377 e. The first-order chi connectivity index (χ1) is 6.04. The molecule has 0 saturated heterocycles. The van der Waals surface area contributed by atoms with Crippen molar-refractivity contribution < 1.29 is 0 Å². The van der Waals surface area contributed by atoms with Crippen LogP contribution in [0.2, 0.25) is 0 Å². The molecule has 1 nitrogen and oxygen atoms in total. The molecule has 0 saturated carbocycles. The standard InChI is InChI=1S/C11H17NS/c1-8(2)9-6-5-7-10(11(9)13)12(3)4/h5-8,13H,1-4H3. The highest BCUT2D eigenvalue weighted by molar-refractivity contribution is 7.80. The molecule has 0 spiro atoms. The second-order valence-corrected chi connectivity index (χ2v) is 4.21. The van der Waals surface area contributed by atoms with Crippen molar-refractivity contribution in [3.05, 3.63) is 23.8 Å². The highest BCUT2D eigenvalue weighted by Crippen LogP contribution is 2.30. The summed E-state index contributed by atoms with van der Waals surface area (Å²) in [6.45, 7) is 4.38. The minimum atomic E-state index is 0.535. The van der Waals surface area contributed by atoms with E-state index in [1.165, 1.54) is 11.3 Å². The Labute approximate surface area is 86.2 Å². The van der Waals surface area contributed by atoms with E-state index in [0.717, 1.165) is 4.90 Å². The summed E-state index contributed by atoms with van der Waals surface area (Å²) < 4.78 is 0. The fraction of sp³-hybridized carbons (Fsp3) is 0.455. The molecule has 72 valence electrons. The van der Waals surface area contributed by atoms with Gasteiger partial charge in [-0.2, -0.15) is 0 Å². The van der Waals surface area contributed by atoms with Crippen LogP contribution in [0.5, 0.6) is 0 Å². The van der Waals surface area contributed by atoms with E-state index in [2.05, 4.69) is 49.6 Å². The van der Waals surface area contributed by atoms with E-state index in [-0.39, 0.29) is 0 Å². The lowest BCUT2D eigenvalue weighted by Crippen LogP contribution is -2.10. The van der Waals surface area contributed by atoms with Crippen LogP contribution in [0.1, 0.15) is 25.3 Å². The molecule has 0 fully saturated rings. The van der Waals surface area contributed by atoms with Gasteiger partial charge >= 0.3 is 0 Å². The molecule has 1 aromatic rings. The Morgan fingerprint density at radius 3 is 2.31 bits per heavy atom. The molecule has 0 aliphatic heterocycles. The Bertz CT molecular complexity index is 266.